The highest BCUT2D eigenvalue weighted by Crippen LogP contribution is 2.18. The first-order chi connectivity index (χ1) is 8.27. The molecule has 0 spiro atoms. The maximum atomic E-state index is 11.7. The molecule has 0 aromatic carbocycles. The van der Waals surface area contributed by atoms with Crippen molar-refractivity contribution in [2.45, 2.75) is 52.2 Å². The third-order valence-corrected chi connectivity index (χ3v) is 2.49. The maximum absolute atomic E-state index is 11.7. The molecular weight excluding hydrogens is 220 g/mol. The molecule has 1 atom stereocenters. The van der Waals surface area contributed by atoms with Crippen molar-refractivity contribution in [3.8, 4) is 0 Å². The van der Waals surface area contributed by atoms with Crippen molar-refractivity contribution in [2.24, 2.45) is 0 Å². The molecular formula is C13H22O4. The van der Waals surface area contributed by atoms with Crippen LogP contribution in [0, 0.1) is 0 Å². The smallest absolute Gasteiger partial charge is 0.373 e. The number of esters is 1. The lowest BCUT2D eigenvalue weighted by Gasteiger charge is -2.24. The Labute approximate surface area is 103 Å². The molecule has 0 radical (unpaired) electrons. The minimum Gasteiger partial charge on any atom is -0.460 e. The summed E-state index contributed by atoms with van der Waals surface area (Å²) in [5, 5.41) is 0. The fourth-order valence-corrected chi connectivity index (χ4v) is 1.60. The van der Waals surface area contributed by atoms with Crippen LogP contribution in [-0.2, 0) is 19.0 Å². The second-order valence-electron chi connectivity index (χ2n) is 3.99. The van der Waals surface area contributed by atoms with Gasteiger partial charge in [-0.2, -0.15) is 0 Å². The molecule has 0 bridgehead atoms. The van der Waals surface area contributed by atoms with Crippen LogP contribution < -0.4 is 0 Å². The van der Waals surface area contributed by atoms with Crippen molar-refractivity contribution in [1.29, 1.82) is 0 Å². The van der Waals surface area contributed by atoms with Crippen LogP contribution in [0.15, 0.2) is 11.8 Å². The van der Waals surface area contributed by atoms with Crippen molar-refractivity contribution >= 4 is 5.97 Å². The van der Waals surface area contributed by atoms with Gasteiger partial charge in [-0.15, -0.1) is 0 Å². The Balaban J connectivity index is 2.52. The van der Waals surface area contributed by atoms with Crippen molar-refractivity contribution in [3.63, 3.8) is 0 Å². The lowest BCUT2D eigenvalue weighted by molar-refractivity contribution is -0.163. The molecule has 0 aliphatic carbocycles. The summed E-state index contributed by atoms with van der Waals surface area (Å²) in [7, 11) is 0. The van der Waals surface area contributed by atoms with Gasteiger partial charge in [0.25, 0.3) is 0 Å². The predicted molar refractivity (Wildman–Crippen MR) is 64.3 cm³/mol. The molecule has 4 heteroatoms. The van der Waals surface area contributed by atoms with Crippen LogP contribution in [0.5, 0.6) is 0 Å². The summed E-state index contributed by atoms with van der Waals surface area (Å²) in [5.74, 6) is -0.101. The average molecular weight is 242 g/mol. The highest BCUT2D eigenvalue weighted by Gasteiger charge is 2.20. The molecule has 0 amide bonds. The zero-order valence-electron chi connectivity index (χ0n) is 10.7. The molecule has 1 saturated heterocycles. The molecule has 1 heterocycles. The molecule has 98 valence electrons. The SMILES string of the molecule is CCC/C=C(/O[C@@H]1CCCCO1)C(=O)OCC. The fraction of sp³-hybridized carbons (Fsp3) is 0.769. The summed E-state index contributed by atoms with van der Waals surface area (Å²) < 4.78 is 16.0. The van der Waals surface area contributed by atoms with E-state index in [2.05, 4.69) is 6.92 Å². The van der Waals surface area contributed by atoms with Gasteiger partial charge in [0.15, 0.2) is 6.29 Å². The van der Waals surface area contributed by atoms with E-state index in [9.17, 15) is 4.79 Å². The molecule has 0 saturated carbocycles. The van der Waals surface area contributed by atoms with E-state index in [4.69, 9.17) is 14.2 Å². The minimum atomic E-state index is -0.393. The highest BCUT2D eigenvalue weighted by molar-refractivity contribution is 5.86. The number of ether oxygens (including phenoxy) is 3. The zero-order valence-corrected chi connectivity index (χ0v) is 10.7. The first-order valence-electron chi connectivity index (χ1n) is 6.43. The molecule has 1 rings (SSSR count). The molecule has 1 fully saturated rings. The van der Waals surface area contributed by atoms with E-state index < -0.39 is 5.97 Å². The zero-order chi connectivity index (χ0) is 12.5. The van der Waals surface area contributed by atoms with Gasteiger partial charge in [-0.3, -0.25) is 0 Å². The molecule has 1 aliphatic heterocycles. The second kappa shape index (κ2) is 8.12. The monoisotopic (exact) mass is 242 g/mol. The third-order valence-electron chi connectivity index (χ3n) is 2.49. The van der Waals surface area contributed by atoms with E-state index in [1.165, 1.54) is 0 Å². The summed E-state index contributed by atoms with van der Waals surface area (Å²) in [5.41, 5.74) is 0. The van der Waals surface area contributed by atoms with Crippen LogP contribution in [0.3, 0.4) is 0 Å². The summed E-state index contributed by atoms with van der Waals surface area (Å²) in [6.45, 7) is 4.90. The summed E-state index contributed by atoms with van der Waals surface area (Å²) in [6.07, 6.45) is 6.25. The number of rotatable bonds is 6. The molecule has 0 N–H and O–H groups in total. The number of hydrogen-bond acceptors (Lipinski definition) is 4. The van der Waals surface area contributed by atoms with E-state index in [0.29, 0.717) is 19.0 Å². The first-order valence-corrected chi connectivity index (χ1v) is 6.43. The van der Waals surface area contributed by atoms with Crippen LogP contribution in [0.4, 0.5) is 0 Å². The van der Waals surface area contributed by atoms with Gasteiger partial charge in [0.1, 0.15) is 0 Å². The van der Waals surface area contributed by atoms with Crippen LogP contribution >= 0.6 is 0 Å². The average Bonchev–Trinajstić information content (AvgIpc) is 2.36. The van der Waals surface area contributed by atoms with Crippen molar-refractivity contribution < 1.29 is 19.0 Å². The highest BCUT2D eigenvalue weighted by atomic mass is 16.7. The van der Waals surface area contributed by atoms with Gasteiger partial charge in [-0.1, -0.05) is 13.3 Å². The quantitative estimate of drug-likeness (QED) is 0.408. The van der Waals surface area contributed by atoms with E-state index in [0.717, 1.165) is 32.1 Å². The van der Waals surface area contributed by atoms with Crippen molar-refractivity contribution in [1.82, 2.24) is 0 Å². The minimum absolute atomic E-state index is 0.292. The van der Waals surface area contributed by atoms with Crippen LogP contribution in [0.2, 0.25) is 0 Å². The van der Waals surface area contributed by atoms with Crippen LogP contribution in [-0.4, -0.2) is 25.5 Å². The number of carbonyl (C=O) groups excluding carboxylic acids is 1. The lowest BCUT2D eigenvalue weighted by Crippen LogP contribution is -2.24. The normalized spacial score (nSPS) is 21.1. The Morgan fingerprint density at radius 3 is 2.82 bits per heavy atom. The number of allylic oxidation sites excluding steroid dienone is 1. The molecule has 4 nitrogen and oxygen atoms in total. The van der Waals surface area contributed by atoms with E-state index >= 15 is 0 Å². The number of hydrogen-bond donors (Lipinski definition) is 0. The molecule has 0 aromatic rings. The molecule has 0 unspecified atom stereocenters. The first kappa shape index (κ1) is 14.0. The van der Waals surface area contributed by atoms with Gasteiger partial charge < -0.3 is 14.2 Å². The lowest BCUT2D eigenvalue weighted by atomic mass is 10.2. The number of carbonyl (C=O) groups is 1. The summed E-state index contributed by atoms with van der Waals surface area (Å²) in [6, 6.07) is 0. The second-order valence-corrected chi connectivity index (χ2v) is 3.99. The largest absolute Gasteiger partial charge is 0.460 e. The van der Waals surface area contributed by atoms with E-state index in [1.54, 1.807) is 13.0 Å². The van der Waals surface area contributed by atoms with Gasteiger partial charge >= 0.3 is 5.97 Å². The Morgan fingerprint density at radius 2 is 2.24 bits per heavy atom. The van der Waals surface area contributed by atoms with E-state index in [-0.39, 0.29) is 6.29 Å². The molecule has 0 aromatic heterocycles. The maximum Gasteiger partial charge on any atom is 0.373 e. The van der Waals surface area contributed by atoms with Gasteiger partial charge in [-0.05, 0) is 32.3 Å². The third kappa shape index (κ3) is 5.22. The van der Waals surface area contributed by atoms with Crippen LogP contribution in [0.25, 0.3) is 0 Å². The van der Waals surface area contributed by atoms with Gasteiger partial charge in [-0.25, -0.2) is 4.79 Å². The summed E-state index contributed by atoms with van der Waals surface area (Å²) in [4.78, 5) is 11.7. The topological polar surface area (TPSA) is 44.8 Å². The molecule has 1 aliphatic rings. The Kier molecular flexibility index (Phi) is 6.70. The van der Waals surface area contributed by atoms with Crippen LogP contribution in [0.1, 0.15) is 46.0 Å². The van der Waals surface area contributed by atoms with Crippen molar-refractivity contribution in [3.05, 3.63) is 11.8 Å². The molecule has 17 heavy (non-hydrogen) atoms. The Bertz CT molecular complexity index is 254. The predicted octanol–water partition coefficient (Wildman–Crippen LogP) is 2.78. The standard InChI is InChI=1S/C13H22O4/c1-3-5-8-11(13(14)15-4-2)17-12-9-6-7-10-16-12/h8,12H,3-7,9-10H2,1-2H3/b11-8+/t12-/m1/s1. The summed E-state index contributed by atoms with van der Waals surface area (Å²) >= 11 is 0. The Hall–Kier alpha value is -1.03. The Morgan fingerprint density at radius 1 is 1.41 bits per heavy atom. The fourth-order valence-electron chi connectivity index (χ4n) is 1.60. The van der Waals surface area contributed by atoms with Gasteiger partial charge in [0.2, 0.25) is 5.76 Å². The van der Waals surface area contributed by atoms with Gasteiger partial charge in [0, 0.05) is 6.42 Å². The van der Waals surface area contributed by atoms with Gasteiger partial charge in [0.05, 0.1) is 13.2 Å². The number of unbranched alkanes of at least 4 members (excludes halogenated alkanes) is 1. The van der Waals surface area contributed by atoms with E-state index in [1.807, 2.05) is 0 Å². The van der Waals surface area contributed by atoms with Crippen molar-refractivity contribution in [2.75, 3.05) is 13.2 Å².